The normalized spacial score (nSPS) is 17.4. The monoisotopic (exact) mass is 252 g/mol. The molecule has 2 nitrogen and oxygen atoms in total. The fourth-order valence-corrected chi connectivity index (χ4v) is 2.46. The van der Waals surface area contributed by atoms with Crippen molar-refractivity contribution in [1.29, 1.82) is 0 Å². The molecule has 1 aliphatic carbocycles. The van der Waals surface area contributed by atoms with Crippen molar-refractivity contribution >= 4 is 17.3 Å². The molecule has 1 fully saturated rings. The van der Waals surface area contributed by atoms with Crippen molar-refractivity contribution in [3.63, 3.8) is 0 Å². The maximum absolute atomic E-state index is 5.99. The first kappa shape index (κ1) is 12.7. The quantitative estimate of drug-likeness (QED) is 0.788. The third kappa shape index (κ3) is 2.93. The molecular weight excluding hydrogens is 232 g/mol. The zero-order valence-electron chi connectivity index (χ0n) is 10.6. The van der Waals surface area contributed by atoms with Gasteiger partial charge in [-0.05, 0) is 41.9 Å². The number of rotatable bonds is 5. The third-order valence-electron chi connectivity index (χ3n) is 3.99. The summed E-state index contributed by atoms with van der Waals surface area (Å²) in [5, 5.41) is 4.18. The standard InChI is InChI=1S/C14H21ClN2/c1-10(2)14(5-6-14)9-17-8-11-3-4-13(16)12(15)7-11/h3-4,7,10,17H,5-6,8-9,16H2,1-2H3. The number of nitrogens with two attached hydrogens (primary N) is 1. The predicted molar refractivity (Wildman–Crippen MR) is 74.1 cm³/mol. The van der Waals surface area contributed by atoms with Crippen LogP contribution in [0.25, 0.3) is 0 Å². The molecule has 0 unspecified atom stereocenters. The van der Waals surface area contributed by atoms with Crippen molar-refractivity contribution in [2.24, 2.45) is 11.3 Å². The first-order valence-electron chi connectivity index (χ1n) is 6.28. The number of benzene rings is 1. The van der Waals surface area contributed by atoms with Crippen LogP contribution in [0, 0.1) is 11.3 Å². The second kappa shape index (κ2) is 4.87. The van der Waals surface area contributed by atoms with Crippen LogP contribution in [0.3, 0.4) is 0 Å². The SMILES string of the molecule is CC(C)C1(CNCc2ccc(N)c(Cl)c2)CC1. The van der Waals surface area contributed by atoms with Gasteiger partial charge in [0.2, 0.25) is 0 Å². The Morgan fingerprint density at radius 3 is 2.65 bits per heavy atom. The van der Waals surface area contributed by atoms with E-state index >= 15 is 0 Å². The highest BCUT2D eigenvalue weighted by atomic mass is 35.5. The van der Waals surface area contributed by atoms with E-state index in [2.05, 4.69) is 19.2 Å². The van der Waals surface area contributed by atoms with Crippen molar-refractivity contribution in [2.75, 3.05) is 12.3 Å². The second-order valence-electron chi connectivity index (χ2n) is 5.48. The van der Waals surface area contributed by atoms with Crippen LogP contribution >= 0.6 is 11.6 Å². The molecule has 0 aromatic heterocycles. The molecule has 0 aliphatic heterocycles. The average molecular weight is 253 g/mol. The maximum atomic E-state index is 5.99. The molecule has 3 heteroatoms. The minimum Gasteiger partial charge on any atom is -0.398 e. The van der Waals surface area contributed by atoms with Gasteiger partial charge in [-0.1, -0.05) is 31.5 Å². The van der Waals surface area contributed by atoms with E-state index in [4.69, 9.17) is 17.3 Å². The van der Waals surface area contributed by atoms with Gasteiger partial charge in [-0.15, -0.1) is 0 Å². The Kier molecular flexibility index (Phi) is 3.64. The van der Waals surface area contributed by atoms with Gasteiger partial charge in [0.05, 0.1) is 10.7 Å². The van der Waals surface area contributed by atoms with Crippen LogP contribution in [0.4, 0.5) is 5.69 Å². The van der Waals surface area contributed by atoms with E-state index in [1.165, 1.54) is 18.4 Å². The molecule has 0 amide bonds. The van der Waals surface area contributed by atoms with Crippen molar-refractivity contribution in [3.05, 3.63) is 28.8 Å². The summed E-state index contributed by atoms with van der Waals surface area (Å²) in [5.74, 6) is 0.769. The van der Waals surface area contributed by atoms with Crippen LogP contribution in [0.2, 0.25) is 5.02 Å². The first-order chi connectivity index (χ1) is 8.03. The smallest absolute Gasteiger partial charge is 0.0638 e. The Balaban J connectivity index is 1.84. The molecule has 0 atom stereocenters. The topological polar surface area (TPSA) is 38.0 Å². The highest BCUT2D eigenvalue weighted by Crippen LogP contribution is 2.51. The molecule has 0 saturated heterocycles. The van der Waals surface area contributed by atoms with Gasteiger partial charge >= 0.3 is 0 Å². The van der Waals surface area contributed by atoms with E-state index in [-0.39, 0.29) is 0 Å². The molecule has 17 heavy (non-hydrogen) atoms. The van der Waals surface area contributed by atoms with Gasteiger partial charge in [-0.3, -0.25) is 0 Å². The molecule has 2 rings (SSSR count). The second-order valence-corrected chi connectivity index (χ2v) is 5.88. The number of hydrogen-bond acceptors (Lipinski definition) is 2. The fraction of sp³-hybridized carbons (Fsp3) is 0.571. The lowest BCUT2D eigenvalue weighted by molar-refractivity contribution is 0.338. The van der Waals surface area contributed by atoms with Gasteiger partial charge in [0.15, 0.2) is 0 Å². The summed E-state index contributed by atoms with van der Waals surface area (Å²) >= 11 is 5.99. The zero-order chi connectivity index (χ0) is 12.5. The molecule has 0 radical (unpaired) electrons. The summed E-state index contributed by atoms with van der Waals surface area (Å²) in [7, 11) is 0. The highest BCUT2D eigenvalue weighted by Gasteiger charge is 2.44. The van der Waals surface area contributed by atoms with Crippen molar-refractivity contribution < 1.29 is 0 Å². The lowest BCUT2D eigenvalue weighted by Crippen LogP contribution is -2.27. The van der Waals surface area contributed by atoms with Gasteiger partial charge in [0.25, 0.3) is 0 Å². The highest BCUT2D eigenvalue weighted by molar-refractivity contribution is 6.33. The molecule has 3 N–H and O–H groups in total. The first-order valence-corrected chi connectivity index (χ1v) is 6.66. The number of halogens is 1. The van der Waals surface area contributed by atoms with Gasteiger partial charge in [-0.25, -0.2) is 0 Å². The van der Waals surface area contributed by atoms with Crippen LogP contribution < -0.4 is 11.1 Å². The minimum absolute atomic E-state index is 0.553. The Hall–Kier alpha value is -0.730. The van der Waals surface area contributed by atoms with Crippen molar-refractivity contribution in [3.8, 4) is 0 Å². The van der Waals surface area contributed by atoms with E-state index in [0.29, 0.717) is 16.1 Å². The Morgan fingerprint density at radius 2 is 2.12 bits per heavy atom. The van der Waals surface area contributed by atoms with E-state index in [9.17, 15) is 0 Å². The lowest BCUT2D eigenvalue weighted by atomic mass is 9.92. The summed E-state index contributed by atoms with van der Waals surface area (Å²) in [6.07, 6.45) is 2.72. The molecular formula is C14H21ClN2. The molecule has 0 bridgehead atoms. The summed E-state index contributed by atoms with van der Waals surface area (Å²) < 4.78 is 0. The molecule has 0 spiro atoms. The van der Waals surface area contributed by atoms with Crippen LogP contribution in [-0.4, -0.2) is 6.54 Å². The van der Waals surface area contributed by atoms with Gasteiger partial charge in [0.1, 0.15) is 0 Å². The number of nitrogens with one attached hydrogen (secondary N) is 1. The molecule has 1 aromatic rings. The molecule has 1 aliphatic rings. The molecule has 1 aromatic carbocycles. The van der Waals surface area contributed by atoms with Gasteiger partial charge < -0.3 is 11.1 Å². The van der Waals surface area contributed by atoms with Crippen LogP contribution in [0.1, 0.15) is 32.3 Å². The summed E-state index contributed by atoms with van der Waals surface area (Å²) in [5.41, 5.74) is 8.08. The summed E-state index contributed by atoms with van der Waals surface area (Å²) in [6, 6.07) is 5.84. The Bertz CT molecular complexity index is 397. The third-order valence-corrected chi connectivity index (χ3v) is 4.32. The Labute approximate surface area is 109 Å². The minimum atomic E-state index is 0.553. The summed E-state index contributed by atoms with van der Waals surface area (Å²) in [4.78, 5) is 0. The van der Waals surface area contributed by atoms with Crippen LogP contribution in [0.15, 0.2) is 18.2 Å². The zero-order valence-corrected chi connectivity index (χ0v) is 11.3. The fourth-order valence-electron chi connectivity index (χ4n) is 2.26. The van der Waals surface area contributed by atoms with Crippen molar-refractivity contribution in [1.82, 2.24) is 5.32 Å². The van der Waals surface area contributed by atoms with E-state index in [0.717, 1.165) is 19.0 Å². The number of hydrogen-bond donors (Lipinski definition) is 2. The maximum Gasteiger partial charge on any atom is 0.0638 e. The average Bonchev–Trinajstić information content (AvgIpc) is 3.04. The van der Waals surface area contributed by atoms with E-state index in [1.807, 2.05) is 18.2 Å². The summed E-state index contributed by atoms with van der Waals surface area (Å²) in [6.45, 7) is 6.60. The molecule has 1 saturated carbocycles. The van der Waals surface area contributed by atoms with Gasteiger partial charge in [-0.2, -0.15) is 0 Å². The van der Waals surface area contributed by atoms with E-state index < -0.39 is 0 Å². The molecule has 0 heterocycles. The van der Waals surface area contributed by atoms with E-state index in [1.54, 1.807) is 0 Å². The Morgan fingerprint density at radius 1 is 1.41 bits per heavy atom. The van der Waals surface area contributed by atoms with Crippen molar-refractivity contribution in [2.45, 2.75) is 33.2 Å². The largest absolute Gasteiger partial charge is 0.398 e. The molecule has 94 valence electrons. The number of anilines is 1. The lowest BCUT2D eigenvalue weighted by Gasteiger charge is -2.20. The number of nitrogen functional groups attached to an aromatic ring is 1. The van der Waals surface area contributed by atoms with Crippen LogP contribution in [0.5, 0.6) is 0 Å². The van der Waals surface area contributed by atoms with Gasteiger partial charge in [0, 0.05) is 13.1 Å². The predicted octanol–water partition coefficient (Wildman–Crippen LogP) is 3.45. The van der Waals surface area contributed by atoms with Crippen LogP contribution in [-0.2, 0) is 6.54 Å².